The van der Waals surface area contributed by atoms with E-state index in [1.165, 1.54) is 0 Å². The summed E-state index contributed by atoms with van der Waals surface area (Å²) in [6.07, 6.45) is 0. The lowest BCUT2D eigenvalue weighted by molar-refractivity contribution is 0.0510. The van der Waals surface area contributed by atoms with Gasteiger partial charge in [0.15, 0.2) is 0 Å². The molecule has 0 spiro atoms. The molecule has 0 aliphatic rings. The standard InChI is InChI=1S/C32H27N4O5P/c1-3-40-31(37)27-18-8-14-23(33-27)25-16-10-20-29(35-25)42(39,22-12-6-5-7-13-22)30-21-11-17-26(36-30)24-15-9-19-28(34-24)32(38)41-4-2/h5-21H,3-4H2,1-2H3. The topological polar surface area (TPSA) is 121 Å². The van der Waals surface area contributed by atoms with Gasteiger partial charge in [-0.1, -0.05) is 54.6 Å². The van der Waals surface area contributed by atoms with E-state index >= 15 is 4.57 Å². The Balaban J connectivity index is 1.62. The van der Waals surface area contributed by atoms with Crippen LogP contribution in [-0.4, -0.2) is 45.1 Å². The van der Waals surface area contributed by atoms with Crippen molar-refractivity contribution in [3.63, 3.8) is 0 Å². The zero-order valence-electron chi connectivity index (χ0n) is 23.0. The van der Waals surface area contributed by atoms with E-state index in [2.05, 4.69) is 9.97 Å². The molecule has 5 aromatic rings. The van der Waals surface area contributed by atoms with Crippen LogP contribution in [0.5, 0.6) is 0 Å². The molecular weight excluding hydrogens is 551 g/mol. The minimum Gasteiger partial charge on any atom is -0.461 e. The molecule has 0 saturated heterocycles. The predicted molar refractivity (Wildman–Crippen MR) is 160 cm³/mol. The Hall–Kier alpha value is -5.01. The number of ether oxygens (including phenoxy) is 2. The lowest BCUT2D eigenvalue weighted by Gasteiger charge is -2.19. The number of carbonyl (C=O) groups excluding carboxylic acids is 2. The Bertz CT molecular complexity index is 1690. The van der Waals surface area contributed by atoms with Gasteiger partial charge in [0.1, 0.15) is 22.3 Å². The van der Waals surface area contributed by atoms with Crippen molar-refractivity contribution in [3.8, 4) is 22.8 Å². The zero-order chi connectivity index (χ0) is 29.5. The molecule has 0 aliphatic heterocycles. The molecule has 0 unspecified atom stereocenters. The van der Waals surface area contributed by atoms with Crippen molar-refractivity contribution in [2.24, 2.45) is 0 Å². The molecule has 4 aromatic heterocycles. The molecule has 0 aliphatic carbocycles. The van der Waals surface area contributed by atoms with Crippen molar-refractivity contribution in [2.75, 3.05) is 13.2 Å². The Morgan fingerprint density at radius 2 is 0.952 bits per heavy atom. The van der Waals surface area contributed by atoms with Crippen LogP contribution >= 0.6 is 7.14 Å². The Kier molecular flexibility index (Phi) is 8.60. The number of hydrogen-bond acceptors (Lipinski definition) is 9. The predicted octanol–water partition coefficient (Wildman–Crippen LogP) is 4.59. The molecule has 5 rings (SSSR count). The highest BCUT2D eigenvalue weighted by molar-refractivity contribution is 7.84. The number of aromatic nitrogens is 4. The van der Waals surface area contributed by atoms with E-state index in [-0.39, 0.29) is 24.6 Å². The molecule has 1 aromatic carbocycles. The zero-order valence-corrected chi connectivity index (χ0v) is 23.9. The molecule has 0 N–H and O–H groups in total. The van der Waals surface area contributed by atoms with Crippen molar-refractivity contribution < 1.29 is 23.6 Å². The van der Waals surface area contributed by atoms with Gasteiger partial charge in [0.25, 0.3) is 0 Å². The molecule has 0 bridgehead atoms. The fourth-order valence-electron chi connectivity index (χ4n) is 4.29. The van der Waals surface area contributed by atoms with Crippen LogP contribution < -0.4 is 16.2 Å². The van der Waals surface area contributed by atoms with Crippen molar-refractivity contribution in [1.82, 2.24) is 19.9 Å². The number of nitrogens with zero attached hydrogens (tertiary/aromatic N) is 4. The van der Waals surface area contributed by atoms with Crippen LogP contribution in [-0.2, 0) is 14.0 Å². The van der Waals surface area contributed by atoms with Crippen LogP contribution in [0.25, 0.3) is 22.8 Å². The molecule has 0 saturated carbocycles. The van der Waals surface area contributed by atoms with E-state index in [1.54, 1.807) is 98.8 Å². The number of rotatable bonds is 9. The minimum absolute atomic E-state index is 0.153. The van der Waals surface area contributed by atoms with Gasteiger partial charge in [0, 0.05) is 5.30 Å². The smallest absolute Gasteiger partial charge is 0.356 e. The average Bonchev–Trinajstić information content (AvgIpc) is 3.05. The molecule has 0 fully saturated rings. The Labute approximate surface area is 243 Å². The molecular formula is C32H27N4O5P. The fraction of sp³-hybridized carbons (Fsp3) is 0.125. The van der Waals surface area contributed by atoms with Crippen LogP contribution in [0, 0.1) is 0 Å². The van der Waals surface area contributed by atoms with E-state index in [1.807, 2.05) is 18.2 Å². The summed E-state index contributed by atoms with van der Waals surface area (Å²) in [7, 11) is -3.62. The summed E-state index contributed by atoms with van der Waals surface area (Å²) in [4.78, 5) is 43.0. The molecule has 0 amide bonds. The Morgan fingerprint density at radius 1 is 0.548 bits per heavy atom. The van der Waals surface area contributed by atoms with Crippen molar-refractivity contribution >= 4 is 35.3 Å². The van der Waals surface area contributed by atoms with Crippen molar-refractivity contribution in [2.45, 2.75) is 13.8 Å². The average molecular weight is 579 g/mol. The molecule has 0 atom stereocenters. The van der Waals surface area contributed by atoms with Gasteiger partial charge >= 0.3 is 11.9 Å². The fourth-order valence-corrected chi connectivity index (χ4v) is 6.74. The second-order valence-corrected chi connectivity index (χ2v) is 11.6. The molecule has 42 heavy (non-hydrogen) atoms. The van der Waals surface area contributed by atoms with Gasteiger partial charge in [0.2, 0.25) is 7.14 Å². The van der Waals surface area contributed by atoms with Crippen LogP contribution in [0.4, 0.5) is 0 Å². The van der Waals surface area contributed by atoms with Gasteiger partial charge in [0.05, 0.1) is 36.0 Å². The van der Waals surface area contributed by atoms with Gasteiger partial charge in [-0.3, -0.25) is 0 Å². The summed E-state index contributed by atoms with van der Waals surface area (Å²) in [6.45, 7) is 3.91. The van der Waals surface area contributed by atoms with E-state index in [4.69, 9.17) is 19.4 Å². The summed E-state index contributed by atoms with van der Waals surface area (Å²) in [5.41, 5.74) is 2.65. The lowest BCUT2D eigenvalue weighted by Crippen LogP contribution is -2.29. The highest BCUT2D eigenvalue weighted by Gasteiger charge is 2.33. The first-order valence-electron chi connectivity index (χ1n) is 13.3. The van der Waals surface area contributed by atoms with E-state index in [0.29, 0.717) is 39.0 Å². The summed E-state index contributed by atoms with van der Waals surface area (Å²) in [5, 5.41) is 0.542. The quantitative estimate of drug-likeness (QED) is 0.183. The van der Waals surface area contributed by atoms with E-state index in [9.17, 15) is 9.59 Å². The van der Waals surface area contributed by atoms with Gasteiger partial charge in [-0.2, -0.15) is 0 Å². The van der Waals surface area contributed by atoms with Crippen molar-refractivity contribution in [1.29, 1.82) is 0 Å². The second kappa shape index (κ2) is 12.7. The monoisotopic (exact) mass is 578 g/mol. The number of hydrogen-bond donors (Lipinski definition) is 0. The summed E-state index contributed by atoms with van der Waals surface area (Å²) in [5.74, 6) is -1.07. The number of carbonyl (C=O) groups is 2. The van der Waals surface area contributed by atoms with Crippen LogP contribution in [0.1, 0.15) is 34.8 Å². The maximum Gasteiger partial charge on any atom is 0.356 e. The highest BCUT2D eigenvalue weighted by atomic mass is 31.2. The highest BCUT2D eigenvalue weighted by Crippen LogP contribution is 2.41. The first kappa shape index (κ1) is 28.5. The number of pyridine rings is 4. The Morgan fingerprint density at radius 3 is 1.38 bits per heavy atom. The molecule has 210 valence electrons. The van der Waals surface area contributed by atoms with Crippen LogP contribution in [0.15, 0.2) is 103 Å². The summed E-state index contributed by atoms with van der Waals surface area (Å²) >= 11 is 0. The van der Waals surface area contributed by atoms with Crippen LogP contribution in [0.3, 0.4) is 0 Å². The van der Waals surface area contributed by atoms with Gasteiger partial charge < -0.3 is 14.0 Å². The first-order chi connectivity index (χ1) is 20.4. The number of benzene rings is 1. The maximum absolute atomic E-state index is 15.2. The first-order valence-corrected chi connectivity index (χ1v) is 15.0. The molecule has 10 heteroatoms. The normalized spacial score (nSPS) is 11.1. The lowest BCUT2D eigenvalue weighted by atomic mass is 10.2. The van der Waals surface area contributed by atoms with Gasteiger partial charge in [-0.15, -0.1) is 0 Å². The number of esters is 2. The van der Waals surface area contributed by atoms with Gasteiger partial charge in [-0.05, 0) is 62.4 Å². The molecule has 4 heterocycles. The minimum atomic E-state index is -3.62. The third-order valence-electron chi connectivity index (χ3n) is 6.23. The SMILES string of the molecule is CCOC(=O)c1cccc(-c2cccc(P(=O)(c3ccccc3)c3cccc(-c4cccc(C(=O)OCC)n4)n3)n2)n1. The van der Waals surface area contributed by atoms with Crippen LogP contribution in [0.2, 0.25) is 0 Å². The molecule has 9 nitrogen and oxygen atoms in total. The third kappa shape index (κ3) is 5.87. The largest absolute Gasteiger partial charge is 0.461 e. The maximum atomic E-state index is 15.2. The van der Waals surface area contributed by atoms with Crippen molar-refractivity contribution in [3.05, 3.63) is 115 Å². The third-order valence-corrected chi connectivity index (χ3v) is 9.04. The second-order valence-electron chi connectivity index (χ2n) is 8.96. The van der Waals surface area contributed by atoms with E-state index < -0.39 is 19.1 Å². The summed E-state index contributed by atoms with van der Waals surface area (Å²) in [6, 6.07) is 29.4. The van der Waals surface area contributed by atoms with Gasteiger partial charge in [-0.25, -0.2) is 29.5 Å². The summed E-state index contributed by atoms with van der Waals surface area (Å²) < 4.78 is 25.4. The van der Waals surface area contributed by atoms with E-state index in [0.717, 1.165) is 0 Å². The molecule has 0 radical (unpaired) electrons.